The molecule has 0 bridgehead atoms. The van der Waals surface area contributed by atoms with Gasteiger partial charge in [0.1, 0.15) is 5.82 Å². The van der Waals surface area contributed by atoms with E-state index in [-0.39, 0.29) is 23.4 Å². The maximum absolute atomic E-state index is 13.8. The fraction of sp³-hybridized carbons (Fsp3) is 0.485. The Morgan fingerprint density at radius 1 is 1.10 bits per heavy atom. The molecule has 1 amide bonds. The van der Waals surface area contributed by atoms with Crippen LogP contribution in [0.3, 0.4) is 0 Å². The molecule has 2 aliphatic rings. The average molecular weight is 568 g/mol. The van der Waals surface area contributed by atoms with Crippen molar-refractivity contribution in [3.05, 3.63) is 69.5 Å². The lowest BCUT2D eigenvalue weighted by atomic mass is 9.91. The van der Waals surface area contributed by atoms with Gasteiger partial charge < -0.3 is 15.0 Å². The Morgan fingerprint density at radius 3 is 2.40 bits per heavy atom. The van der Waals surface area contributed by atoms with Crippen molar-refractivity contribution in [1.29, 1.82) is 0 Å². The third-order valence-electron chi connectivity index (χ3n) is 7.77. The summed E-state index contributed by atoms with van der Waals surface area (Å²) in [5.74, 6) is -0.447. The summed E-state index contributed by atoms with van der Waals surface area (Å²) < 4.78 is 19.3. The molecule has 4 rings (SSSR count). The molecular formula is C33H43ClFN3O2. The summed E-state index contributed by atoms with van der Waals surface area (Å²) in [6.45, 7) is 14.0. The lowest BCUT2D eigenvalue weighted by molar-refractivity contribution is -0.120. The third-order valence-corrected chi connectivity index (χ3v) is 8.06. The zero-order valence-corrected chi connectivity index (χ0v) is 25.1. The van der Waals surface area contributed by atoms with E-state index in [0.717, 1.165) is 74.5 Å². The Morgan fingerprint density at radius 2 is 1.77 bits per heavy atom. The molecule has 2 aromatic carbocycles. The van der Waals surface area contributed by atoms with Gasteiger partial charge in [-0.15, -0.1) is 12.8 Å². The number of amides is 1. The summed E-state index contributed by atoms with van der Waals surface area (Å²) in [7, 11) is 0. The lowest BCUT2D eigenvalue weighted by Crippen LogP contribution is -2.49. The highest BCUT2D eigenvalue weighted by Crippen LogP contribution is 2.32. The van der Waals surface area contributed by atoms with Gasteiger partial charge in [0.25, 0.3) is 0 Å². The van der Waals surface area contributed by atoms with Crippen LogP contribution in [-0.2, 0) is 16.0 Å². The topological polar surface area (TPSA) is 44.8 Å². The number of carbonyl (C=O) groups excluding carboxylic acids is 1. The van der Waals surface area contributed by atoms with E-state index >= 15 is 0 Å². The molecule has 5 nitrogen and oxygen atoms in total. The molecule has 0 spiro atoms. The number of allylic oxidation sites excluding steroid dienone is 1. The second-order valence-corrected chi connectivity index (χ2v) is 11.3. The number of piperidine rings is 1. The quantitative estimate of drug-likeness (QED) is 0.382. The number of anilines is 1. The summed E-state index contributed by atoms with van der Waals surface area (Å²) in [5, 5.41) is 3.12. The van der Waals surface area contributed by atoms with Crippen molar-refractivity contribution in [2.24, 2.45) is 0 Å². The van der Waals surface area contributed by atoms with Crippen LogP contribution in [0.5, 0.6) is 0 Å². The second kappa shape index (κ2) is 15.2. The minimum Gasteiger partial charge on any atom is -0.379 e. The van der Waals surface area contributed by atoms with E-state index < -0.39 is 5.82 Å². The van der Waals surface area contributed by atoms with Crippen LogP contribution in [0.2, 0.25) is 5.02 Å². The van der Waals surface area contributed by atoms with Crippen molar-refractivity contribution >= 4 is 28.8 Å². The van der Waals surface area contributed by atoms with Crippen LogP contribution >= 0.6 is 11.6 Å². The molecule has 216 valence electrons. The van der Waals surface area contributed by atoms with Crippen molar-refractivity contribution in [2.45, 2.75) is 65.5 Å². The molecule has 0 saturated carbocycles. The first-order valence-electron chi connectivity index (χ1n) is 14.1. The minimum absolute atomic E-state index is 0.0125. The normalized spacial score (nSPS) is 17.2. The number of carbonyl (C=O) groups is 1. The summed E-state index contributed by atoms with van der Waals surface area (Å²) in [5.41, 5.74) is 6.54. The molecule has 0 unspecified atom stereocenters. The van der Waals surface area contributed by atoms with E-state index in [4.69, 9.17) is 16.3 Å². The predicted molar refractivity (Wildman–Crippen MR) is 164 cm³/mol. The van der Waals surface area contributed by atoms with Crippen LogP contribution in [-0.4, -0.2) is 62.3 Å². The molecule has 2 saturated heterocycles. The number of nitrogens with one attached hydrogen (secondary N) is 1. The number of aryl methyl sites for hydroxylation is 1. The predicted octanol–water partition coefficient (Wildman–Crippen LogP) is 6.27. The lowest BCUT2D eigenvalue weighted by Gasteiger charge is -2.41. The van der Waals surface area contributed by atoms with E-state index in [1.807, 2.05) is 13.8 Å². The number of morpholine rings is 1. The molecule has 1 N–H and O–H groups in total. The third kappa shape index (κ3) is 8.57. The van der Waals surface area contributed by atoms with Gasteiger partial charge in [0.2, 0.25) is 5.91 Å². The maximum atomic E-state index is 13.8. The monoisotopic (exact) mass is 567 g/mol. The van der Waals surface area contributed by atoms with Crippen molar-refractivity contribution < 1.29 is 13.9 Å². The largest absolute Gasteiger partial charge is 0.379 e. The highest BCUT2D eigenvalue weighted by Gasteiger charge is 2.26. The summed E-state index contributed by atoms with van der Waals surface area (Å²) >= 11 is 6.08. The molecule has 0 radical (unpaired) electrons. The Kier molecular flexibility index (Phi) is 12.1. The number of terminal acetylenes is 1. The molecule has 7 heteroatoms. The van der Waals surface area contributed by atoms with Crippen LogP contribution in [0.15, 0.2) is 42.0 Å². The number of halogens is 2. The summed E-state index contributed by atoms with van der Waals surface area (Å²) in [6, 6.07) is 12.2. The van der Waals surface area contributed by atoms with Crippen molar-refractivity contribution in [2.75, 3.05) is 44.3 Å². The van der Waals surface area contributed by atoms with Gasteiger partial charge in [0.15, 0.2) is 0 Å². The second-order valence-electron chi connectivity index (χ2n) is 10.9. The SMILES string of the molecule is C#C.C/C(=C(\CC(=O)NC(C)C)Cc1ccc(F)c(Cl)c1)c1cc(N2CCC(N3CCOCC3)CC2)ccc1C. The zero-order chi connectivity index (χ0) is 29.2. The first-order valence-corrected chi connectivity index (χ1v) is 14.5. The van der Waals surface area contributed by atoms with E-state index in [2.05, 4.69) is 60.0 Å². The average Bonchev–Trinajstić information content (AvgIpc) is 2.96. The Labute approximate surface area is 244 Å². The van der Waals surface area contributed by atoms with Crippen LogP contribution in [0.25, 0.3) is 5.57 Å². The van der Waals surface area contributed by atoms with Gasteiger partial charge in [-0.25, -0.2) is 4.39 Å². The van der Waals surface area contributed by atoms with Crippen LogP contribution in [0, 0.1) is 25.6 Å². The Bertz CT molecular complexity index is 1200. The molecule has 2 aliphatic heterocycles. The van der Waals surface area contributed by atoms with E-state index in [0.29, 0.717) is 12.5 Å². The van der Waals surface area contributed by atoms with Gasteiger partial charge in [-0.05, 0) is 93.5 Å². The van der Waals surface area contributed by atoms with Crippen LogP contribution in [0.4, 0.5) is 10.1 Å². The molecule has 2 heterocycles. The molecule has 2 aromatic rings. The maximum Gasteiger partial charge on any atom is 0.224 e. The van der Waals surface area contributed by atoms with Gasteiger partial charge in [0.05, 0.1) is 18.2 Å². The molecule has 0 aromatic heterocycles. The Hall–Kier alpha value is -2.85. The fourth-order valence-corrected chi connectivity index (χ4v) is 5.83. The van der Waals surface area contributed by atoms with Gasteiger partial charge in [-0.1, -0.05) is 29.3 Å². The van der Waals surface area contributed by atoms with Gasteiger partial charge in [0, 0.05) is 50.4 Å². The van der Waals surface area contributed by atoms with Crippen molar-refractivity contribution in [3.8, 4) is 12.8 Å². The first kappa shape index (κ1) is 31.7. The number of hydrogen-bond donors (Lipinski definition) is 1. The molecule has 0 atom stereocenters. The first-order chi connectivity index (χ1) is 19.2. The van der Waals surface area contributed by atoms with Crippen LogP contribution in [0.1, 0.15) is 56.7 Å². The summed E-state index contributed by atoms with van der Waals surface area (Å²) in [4.78, 5) is 17.9. The minimum atomic E-state index is -0.434. The number of nitrogens with zero attached hydrogens (tertiary/aromatic N) is 2. The molecular weight excluding hydrogens is 525 g/mol. The molecule has 0 aliphatic carbocycles. The van der Waals surface area contributed by atoms with Gasteiger partial charge in [-0.3, -0.25) is 9.69 Å². The van der Waals surface area contributed by atoms with Crippen LogP contribution < -0.4 is 10.2 Å². The van der Waals surface area contributed by atoms with Gasteiger partial charge in [-0.2, -0.15) is 0 Å². The Balaban J connectivity index is 0.00000216. The fourth-order valence-electron chi connectivity index (χ4n) is 5.62. The van der Waals surface area contributed by atoms with Crippen molar-refractivity contribution in [1.82, 2.24) is 10.2 Å². The van der Waals surface area contributed by atoms with Gasteiger partial charge >= 0.3 is 0 Å². The number of hydrogen-bond acceptors (Lipinski definition) is 4. The summed E-state index contributed by atoms with van der Waals surface area (Å²) in [6.07, 6.45) is 11.1. The molecule has 40 heavy (non-hydrogen) atoms. The van der Waals surface area contributed by atoms with E-state index in [1.165, 1.54) is 17.3 Å². The zero-order valence-electron chi connectivity index (χ0n) is 24.3. The van der Waals surface area contributed by atoms with E-state index in [9.17, 15) is 9.18 Å². The highest BCUT2D eigenvalue weighted by atomic mass is 35.5. The number of ether oxygens (including phenoxy) is 1. The van der Waals surface area contributed by atoms with Crippen molar-refractivity contribution in [3.63, 3.8) is 0 Å². The smallest absolute Gasteiger partial charge is 0.224 e. The molecule has 2 fully saturated rings. The standard InChI is InChI=1S/C31H41ClFN3O2.C2H2/c1-21(2)34-31(37)19-25(17-24-6-8-30(33)29(32)18-24)23(4)28-20-27(7-5-22(28)3)35-11-9-26(10-12-35)36-13-15-38-16-14-36;1-2/h5-8,18,20-21,26H,9-17,19H2,1-4H3,(H,34,37);1-2H/b25-23+;. The van der Waals surface area contributed by atoms with E-state index in [1.54, 1.807) is 12.1 Å². The number of benzene rings is 2. The number of rotatable bonds is 8. The highest BCUT2D eigenvalue weighted by molar-refractivity contribution is 6.30.